The molecule has 1 aromatic rings. The second-order valence-electron chi connectivity index (χ2n) is 6.89. The summed E-state index contributed by atoms with van der Waals surface area (Å²) in [6.45, 7) is 3.77. The minimum absolute atomic E-state index is 0.0141. The van der Waals surface area contributed by atoms with E-state index in [0.29, 0.717) is 25.7 Å². The van der Waals surface area contributed by atoms with Crippen molar-refractivity contribution >= 4 is 29.1 Å². The Morgan fingerprint density at radius 3 is 2.12 bits per heavy atom. The van der Waals surface area contributed by atoms with Crippen LogP contribution in [0.5, 0.6) is 0 Å². The summed E-state index contributed by atoms with van der Waals surface area (Å²) in [6, 6.07) is 2.89. The minimum Gasteiger partial charge on any atom is -0.354 e. The van der Waals surface area contributed by atoms with Gasteiger partial charge in [0.1, 0.15) is 0 Å². The molecule has 1 fully saturated rings. The lowest BCUT2D eigenvalue weighted by Gasteiger charge is -2.27. The number of carbonyl (C=O) groups is 2. The van der Waals surface area contributed by atoms with Crippen molar-refractivity contribution in [3.8, 4) is 0 Å². The van der Waals surface area contributed by atoms with Gasteiger partial charge in [0.15, 0.2) is 0 Å². The molecule has 0 spiro atoms. The van der Waals surface area contributed by atoms with E-state index >= 15 is 0 Å². The standard InChI is InChI=1S/C18H22ClF3N2O2/c1-10(2)23-16(25)11-3-5-12(6-4-11)17(26)24-15-9-13(18(20,21)22)7-8-14(15)19/h7-12H,3-6H2,1-2H3,(H,23,25)(H,24,26). The van der Waals surface area contributed by atoms with Gasteiger partial charge in [0.05, 0.1) is 16.3 Å². The van der Waals surface area contributed by atoms with Crippen LogP contribution in [0.4, 0.5) is 18.9 Å². The number of nitrogens with one attached hydrogen (secondary N) is 2. The van der Waals surface area contributed by atoms with Crippen LogP contribution in [-0.2, 0) is 15.8 Å². The van der Waals surface area contributed by atoms with Gasteiger partial charge in [-0.25, -0.2) is 0 Å². The molecule has 2 rings (SSSR count). The second-order valence-corrected chi connectivity index (χ2v) is 7.30. The van der Waals surface area contributed by atoms with E-state index < -0.39 is 11.7 Å². The zero-order chi connectivity index (χ0) is 19.5. The van der Waals surface area contributed by atoms with Gasteiger partial charge in [0.2, 0.25) is 11.8 Å². The average molecular weight is 391 g/mol. The smallest absolute Gasteiger partial charge is 0.354 e. The first-order chi connectivity index (χ1) is 12.1. The first-order valence-electron chi connectivity index (χ1n) is 8.56. The van der Waals surface area contributed by atoms with Gasteiger partial charge < -0.3 is 10.6 Å². The predicted molar refractivity (Wildman–Crippen MR) is 93.8 cm³/mol. The number of halogens is 4. The van der Waals surface area contributed by atoms with Crippen LogP contribution < -0.4 is 10.6 Å². The molecule has 2 N–H and O–H groups in total. The first-order valence-corrected chi connectivity index (χ1v) is 8.93. The van der Waals surface area contributed by atoms with Crippen LogP contribution in [0.3, 0.4) is 0 Å². The average Bonchev–Trinajstić information content (AvgIpc) is 2.55. The molecule has 1 aliphatic rings. The molecule has 2 amide bonds. The van der Waals surface area contributed by atoms with Crippen molar-refractivity contribution in [2.24, 2.45) is 11.8 Å². The fraction of sp³-hybridized carbons (Fsp3) is 0.556. The minimum atomic E-state index is -4.51. The van der Waals surface area contributed by atoms with E-state index in [1.54, 1.807) is 0 Å². The van der Waals surface area contributed by atoms with Crippen LogP contribution in [0.2, 0.25) is 5.02 Å². The Labute approximate surface area is 155 Å². The number of anilines is 1. The molecule has 1 aromatic carbocycles. The van der Waals surface area contributed by atoms with E-state index in [0.717, 1.165) is 18.2 Å². The maximum atomic E-state index is 12.8. The van der Waals surface area contributed by atoms with Crippen LogP contribution in [-0.4, -0.2) is 17.9 Å². The second kappa shape index (κ2) is 8.29. The highest BCUT2D eigenvalue weighted by Crippen LogP contribution is 2.35. The molecule has 1 aliphatic carbocycles. The Bertz CT molecular complexity index is 669. The number of hydrogen-bond acceptors (Lipinski definition) is 2. The molecule has 0 unspecified atom stereocenters. The van der Waals surface area contributed by atoms with Gasteiger partial charge in [-0.1, -0.05) is 11.6 Å². The van der Waals surface area contributed by atoms with Crippen LogP contribution in [0.25, 0.3) is 0 Å². The Hall–Kier alpha value is -1.76. The largest absolute Gasteiger partial charge is 0.416 e. The van der Waals surface area contributed by atoms with Crippen LogP contribution in [0, 0.1) is 11.8 Å². The fourth-order valence-corrected chi connectivity index (χ4v) is 3.22. The van der Waals surface area contributed by atoms with E-state index in [4.69, 9.17) is 11.6 Å². The zero-order valence-electron chi connectivity index (χ0n) is 14.6. The van der Waals surface area contributed by atoms with E-state index in [1.165, 1.54) is 0 Å². The van der Waals surface area contributed by atoms with Crippen molar-refractivity contribution in [3.63, 3.8) is 0 Å². The highest BCUT2D eigenvalue weighted by Gasteiger charge is 2.33. The van der Waals surface area contributed by atoms with Crippen molar-refractivity contribution < 1.29 is 22.8 Å². The molecular formula is C18H22ClF3N2O2. The molecule has 0 saturated heterocycles. The number of hydrogen-bond donors (Lipinski definition) is 2. The quantitative estimate of drug-likeness (QED) is 0.787. The van der Waals surface area contributed by atoms with E-state index in [9.17, 15) is 22.8 Å². The number of amides is 2. The third-order valence-corrected chi connectivity index (χ3v) is 4.78. The third-order valence-electron chi connectivity index (χ3n) is 4.45. The van der Waals surface area contributed by atoms with Crippen molar-refractivity contribution in [1.82, 2.24) is 5.32 Å². The van der Waals surface area contributed by atoms with Gasteiger partial charge in [-0.15, -0.1) is 0 Å². The normalized spacial score (nSPS) is 20.7. The summed E-state index contributed by atoms with van der Waals surface area (Å²) < 4.78 is 38.4. The zero-order valence-corrected chi connectivity index (χ0v) is 15.4. The summed E-state index contributed by atoms with van der Waals surface area (Å²) in [5.74, 6) is -0.851. The molecule has 0 aromatic heterocycles. The maximum Gasteiger partial charge on any atom is 0.416 e. The molecule has 8 heteroatoms. The van der Waals surface area contributed by atoms with Crippen molar-refractivity contribution in [1.29, 1.82) is 0 Å². The molecule has 144 valence electrons. The third kappa shape index (κ3) is 5.37. The SMILES string of the molecule is CC(C)NC(=O)C1CCC(C(=O)Nc2cc(C(F)(F)F)ccc2Cl)CC1. The highest BCUT2D eigenvalue weighted by molar-refractivity contribution is 6.33. The maximum absolute atomic E-state index is 12.8. The highest BCUT2D eigenvalue weighted by atomic mass is 35.5. The van der Waals surface area contributed by atoms with Crippen LogP contribution in [0.1, 0.15) is 45.1 Å². The molecule has 26 heavy (non-hydrogen) atoms. The van der Waals surface area contributed by atoms with Gasteiger partial charge in [-0.3, -0.25) is 9.59 Å². The van der Waals surface area contributed by atoms with Crippen molar-refractivity contribution in [2.75, 3.05) is 5.32 Å². The van der Waals surface area contributed by atoms with Crippen LogP contribution >= 0.6 is 11.6 Å². The van der Waals surface area contributed by atoms with E-state index in [-0.39, 0.29) is 40.4 Å². The topological polar surface area (TPSA) is 58.2 Å². The van der Waals surface area contributed by atoms with Gasteiger partial charge in [0.25, 0.3) is 0 Å². The van der Waals surface area contributed by atoms with Gasteiger partial charge in [-0.2, -0.15) is 13.2 Å². The summed E-state index contributed by atoms with van der Waals surface area (Å²) >= 11 is 5.91. The summed E-state index contributed by atoms with van der Waals surface area (Å²) in [5.41, 5.74) is -0.919. The summed E-state index contributed by atoms with van der Waals surface area (Å²) in [4.78, 5) is 24.4. The summed E-state index contributed by atoms with van der Waals surface area (Å²) in [6.07, 6.45) is -2.33. The summed E-state index contributed by atoms with van der Waals surface area (Å²) in [5, 5.41) is 5.41. The fourth-order valence-electron chi connectivity index (χ4n) is 3.05. The van der Waals surface area contributed by atoms with Crippen LogP contribution in [0.15, 0.2) is 18.2 Å². The molecular weight excluding hydrogens is 369 g/mol. The van der Waals surface area contributed by atoms with E-state index in [1.807, 2.05) is 13.8 Å². The molecule has 0 aliphatic heterocycles. The lowest BCUT2D eigenvalue weighted by atomic mass is 9.81. The van der Waals surface area contributed by atoms with Crippen molar-refractivity contribution in [3.05, 3.63) is 28.8 Å². The Morgan fingerprint density at radius 1 is 1.08 bits per heavy atom. The number of alkyl halides is 3. The Kier molecular flexibility index (Phi) is 6.55. The van der Waals surface area contributed by atoms with Gasteiger partial charge >= 0.3 is 6.18 Å². The molecule has 4 nitrogen and oxygen atoms in total. The number of carbonyl (C=O) groups excluding carboxylic acids is 2. The Balaban J connectivity index is 1.96. The molecule has 0 radical (unpaired) electrons. The molecule has 0 heterocycles. The lowest BCUT2D eigenvalue weighted by Crippen LogP contribution is -2.38. The lowest BCUT2D eigenvalue weighted by molar-refractivity contribution is -0.137. The number of benzene rings is 1. The molecule has 0 atom stereocenters. The molecule has 1 saturated carbocycles. The summed E-state index contributed by atoms with van der Waals surface area (Å²) in [7, 11) is 0. The predicted octanol–water partition coefficient (Wildman–Crippen LogP) is 4.63. The van der Waals surface area contributed by atoms with Gasteiger partial charge in [0, 0.05) is 17.9 Å². The molecule has 0 bridgehead atoms. The Morgan fingerprint density at radius 2 is 1.62 bits per heavy atom. The monoisotopic (exact) mass is 390 g/mol. The van der Waals surface area contributed by atoms with Gasteiger partial charge in [-0.05, 0) is 57.7 Å². The first kappa shape index (κ1) is 20.6. The number of rotatable bonds is 4. The van der Waals surface area contributed by atoms with Crippen molar-refractivity contribution in [2.45, 2.75) is 51.7 Å². The van der Waals surface area contributed by atoms with E-state index in [2.05, 4.69) is 10.6 Å².